The molecule has 1 N–H and O–H groups in total. The standard InChI is InChI=1S/C30H33ClF3N3O4S/c1-3-35-29(39)27(19-22-10-5-4-6-11-22)36(21-23-12-7-14-25(31)18-23)28(38)16-9-17-37(42(2,40)41)26-15-8-13-24(20-26)30(32,33)34/h4-8,10-15,18,20,27H,3,9,16-17,19,21H2,1-2H3,(H,35,39). The zero-order chi connectivity index (χ0) is 30.9. The predicted octanol–water partition coefficient (Wildman–Crippen LogP) is 5.68. The van der Waals surface area contributed by atoms with Gasteiger partial charge < -0.3 is 10.2 Å². The second-order valence-electron chi connectivity index (χ2n) is 9.74. The van der Waals surface area contributed by atoms with Gasteiger partial charge in [0.15, 0.2) is 0 Å². The molecule has 0 aliphatic heterocycles. The molecular formula is C30H33ClF3N3O4S. The number of nitrogens with zero attached hydrogens (tertiary/aromatic N) is 2. The summed E-state index contributed by atoms with van der Waals surface area (Å²) >= 11 is 6.17. The van der Waals surface area contributed by atoms with Crippen LogP contribution in [0.4, 0.5) is 18.9 Å². The molecule has 0 heterocycles. The summed E-state index contributed by atoms with van der Waals surface area (Å²) in [6.07, 6.45) is -3.68. The topological polar surface area (TPSA) is 86.8 Å². The van der Waals surface area contributed by atoms with Crippen molar-refractivity contribution in [2.24, 2.45) is 0 Å². The summed E-state index contributed by atoms with van der Waals surface area (Å²) < 4.78 is 65.7. The van der Waals surface area contributed by atoms with Gasteiger partial charge in [0.25, 0.3) is 0 Å². The Morgan fingerprint density at radius 1 is 0.952 bits per heavy atom. The van der Waals surface area contributed by atoms with Crippen molar-refractivity contribution in [3.05, 3.63) is 101 Å². The molecule has 1 unspecified atom stereocenters. The number of alkyl halides is 3. The molecule has 1 atom stereocenters. The summed E-state index contributed by atoms with van der Waals surface area (Å²) in [5.41, 5.74) is 0.397. The molecule has 12 heteroatoms. The first-order valence-electron chi connectivity index (χ1n) is 13.3. The van der Waals surface area contributed by atoms with Crippen molar-refractivity contribution in [3.63, 3.8) is 0 Å². The van der Waals surface area contributed by atoms with E-state index in [1.54, 1.807) is 31.2 Å². The van der Waals surface area contributed by atoms with Crippen LogP contribution < -0.4 is 9.62 Å². The van der Waals surface area contributed by atoms with Crippen LogP contribution in [0.2, 0.25) is 5.02 Å². The van der Waals surface area contributed by atoms with E-state index < -0.39 is 33.7 Å². The average molecular weight is 624 g/mol. The first-order valence-corrected chi connectivity index (χ1v) is 15.5. The van der Waals surface area contributed by atoms with E-state index in [0.29, 0.717) is 17.1 Å². The van der Waals surface area contributed by atoms with Crippen molar-refractivity contribution in [1.82, 2.24) is 10.2 Å². The van der Waals surface area contributed by atoms with Gasteiger partial charge in [-0.3, -0.25) is 13.9 Å². The summed E-state index contributed by atoms with van der Waals surface area (Å²) in [6, 6.07) is 19.3. The van der Waals surface area contributed by atoms with Crippen molar-refractivity contribution >= 4 is 39.1 Å². The molecule has 0 saturated heterocycles. The molecule has 0 spiro atoms. The summed E-state index contributed by atoms with van der Waals surface area (Å²) in [6.45, 7) is 1.95. The lowest BCUT2D eigenvalue weighted by Crippen LogP contribution is -2.50. The Hall–Kier alpha value is -3.57. The van der Waals surface area contributed by atoms with Gasteiger partial charge >= 0.3 is 6.18 Å². The van der Waals surface area contributed by atoms with Crippen LogP contribution in [0.15, 0.2) is 78.9 Å². The molecule has 2 amide bonds. The highest BCUT2D eigenvalue weighted by molar-refractivity contribution is 7.92. The molecule has 0 aromatic heterocycles. The summed E-state index contributed by atoms with van der Waals surface area (Å²) in [7, 11) is -3.97. The van der Waals surface area contributed by atoms with Crippen molar-refractivity contribution in [2.75, 3.05) is 23.7 Å². The minimum Gasteiger partial charge on any atom is -0.355 e. The van der Waals surface area contributed by atoms with Crippen molar-refractivity contribution in [2.45, 2.75) is 44.9 Å². The predicted molar refractivity (Wildman–Crippen MR) is 157 cm³/mol. The van der Waals surface area contributed by atoms with E-state index in [0.717, 1.165) is 34.3 Å². The Morgan fingerprint density at radius 2 is 1.62 bits per heavy atom. The van der Waals surface area contributed by atoms with Crippen LogP contribution >= 0.6 is 11.6 Å². The number of hydrogen-bond acceptors (Lipinski definition) is 4. The van der Waals surface area contributed by atoms with E-state index in [-0.39, 0.29) is 43.9 Å². The van der Waals surface area contributed by atoms with Gasteiger partial charge in [0, 0.05) is 37.5 Å². The quantitative estimate of drug-likeness (QED) is 0.265. The van der Waals surface area contributed by atoms with Crippen molar-refractivity contribution < 1.29 is 31.2 Å². The number of nitrogens with one attached hydrogen (secondary N) is 1. The second kappa shape index (κ2) is 14.6. The number of benzene rings is 3. The first-order chi connectivity index (χ1) is 19.8. The van der Waals surface area contributed by atoms with Crippen LogP contribution in [0.1, 0.15) is 36.5 Å². The summed E-state index contributed by atoms with van der Waals surface area (Å²) in [4.78, 5) is 28.4. The van der Waals surface area contributed by atoms with Crippen molar-refractivity contribution in [3.8, 4) is 0 Å². The third-order valence-corrected chi connectivity index (χ3v) is 7.91. The number of likely N-dealkylation sites (N-methyl/N-ethyl adjacent to an activating group) is 1. The fourth-order valence-corrected chi connectivity index (χ4v) is 5.69. The average Bonchev–Trinajstić information content (AvgIpc) is 2.92. The maximum atomic E-state index is 13.7. The van der Waals surface area contributed by atoms with E-state index in [9.17, 15) is 31.2 Å². The summed E-state index contributed by atoms with van der Waals surface area (Å²) in [5, 5.41) is 3.25. The Balaban J connectivity index is 1.88. The highest BCUT2D eigenvalue weighted by Gasteiger charge is 2.32. The Bertz CT molecular complexity index is 1470. The third kappa shape index (κ3) is 9.49. The fourth-order valence-electron chi connectivity index (χ4n) is 4.52. The highest BCUT2D eigenvalue weighted by Crippen LogP contribution is 2.32. The van der Waals surface area contributed by atoms with Gasteiger partial charge in [-0.1, -0.05) is 60.1 Å². The van der Waals surface area contributed by atoms with E-state index in [2.05, 4.69) is 5.32 Å². The molecule has 0 saturated carbocycles. The highest BCUT2D eigenvalue weighted by atomic mass is 35.5. The molecule has 42 heavy (non-hydrogen) atoms. The number of rotatable bonds is 13. The SMILES string of the molecule is CCNC(=O)C(Cc1ccccc1)N(Cc1cccc(Cl)c1)C(=O)CCCN(c1cccc(C(F)(F)F)c1)S(C)(=O)=O. The molecule has 0 fully saturated rings. The van der Waals surface area contributed by atoms with Crippen LogP contribution in [0.5, 0.6) is 0 Å². The molecule has 7 nitrogen and oxygen atoms in total. The third-order valence-electron chi connectivity index (χ3n) is 6.48. The normalized spacial score (nSPS) is 12.4. The van der Waals surface area contributed by atoms with Gasteiger partial charge in [-0.15, -0.1) is 0 Å². The van der Waals surface area contributed by atoms with Crippen LogP contribution in [-0.4, -0.2) is 50.5 Å². The number of carbonyl (C=O) groups excluding carboxylic acids is 2. The van der Waals surface area contributed by atoms with E-state index in [4.69, 9.17) is 11.6 Å². The Kier molecular flexibility index (Phi) is 11.4. The Labute approximate surface area is 249 Å². The maximum absolute atomic E-state index is 13.7. The number of sulfonamides is 1. The zero-order valence-electron chi connectivity index (χ0n) is 23.3. The van der Waals surface area contributed by atoms with E-state index >= 15 is 0 Å². The molecule has 0 aliphatic carbocycles. The second-order valence-corrected chi connectivity index (χ2v) is 12.1. The van der Waals surface area contributed by atoms with Gasteiger partial charge in [0.2, 0.25) is 21.8 Å². The minimum atomic E-state index is -4.65. The maximum Gasteiger partial charge on any atom is 0.416 e. The molecule has 226 valence electrons. The van der Waals surface area contributed by atoms with Crippen LogP contribution in [0.25, 0.3) is 0 Å². The van der Waals surface area contributed by atoms with Crippen LogP contribution in [0, 0.1) is 0 Å². The summed E-state index contributed by atoms with van der Waals surface area (Å²) in [5.74, 6) is -0.766. The van der Waals surface area contributed by atoms with Crippen LogP contribution in [0.3, 0.4) is 0 Å². The molecule has 0 aliphatic rings. The molecule has 3 aromatic rings. The lowest BCUT2D eigenvalue weighted by atomic mass is 10.0. The first kappa shape index (κ1) is 32.9. The molecule has 0 bridgehead atoms. The number of carbonyl (C=O) groups is 2. The van der Waals surface area contributed by atoms with E-state index in [1.165, 1.54) is 11.0 Å². The van der Waals surface area contributed by atoms with Crippen LogP contribution in [-0.2, 0) is 38.8 Å². The van der Waals surface area contributed by atoms with Crippen molar-refractivity contribution in [1.29, 1.82) is 0 Å². The molecular weight excluding hydrogens is 591 g/mol. The monoisotopic (exact) mass is 623 g/mol. The Morgan fingerprint density at radius 3 is 2.24 bits per heavy atom. The number of anilines is 1. The molecule has 3 rings (SSSR count). The van der Waals surface area contributed by atoms with Gasteiger partial charge in [-0.2, -0.15) is 13.2 Å². The minimum absolute atomic E-state index is 0.00164. The largest absolute Gasteiger partial charge is 0.416 e. The van der Waals surface area contributed by atoms with Gasteiger partial charge in [-0.05, 0) is 54.8 Å². The smallest absolute Gasteiger partial charge is 0.355 e. The number of amides is 2. The number of hydrogen-bond donors (Lipinski definition) is 1. The van der Waals surface area contributed by atoms with E-state index in [1.807, 2.05) is 30.3 Å². The lowest BCUT2D eigenvalue weighted by Gasteiger charge is -2.32. The molecule has 3 aromatic carbocycles. The fraction of sp³-hybridized carbons (Fsp3) is 0.333. The number of halogens is 4. The van der Waals surface area contributed by atoms with Gasteiger partial charge in [0.1, 0.15) is 6.04 Å². The molecule has 0 radical (unpaired) electrons. The zero-order valence-corrected chi connectivity index (χ0v) is 24.8. The van der Waals surface area contributed by atoms with Gasteiger partial charge in [-0.25, -0.2) is 8.42 Å². The lowest BCUT2D eigenvalue weighted by molar-refractivity contribution is -0.141. The van der Waals surface area contributed by atoms with Gasteiger partial charge in [0.05, 0.1) is 17.5 Å².